The molecule has 0 aliphatic carbocycles. The Labute approximate surface area is 133 Å². The second-order valence-electron chi connectivity index (χ2n) is 4.58. The van der Waals surface area contributed by atoms with Gasteiger partial charge in [0.2, 0.25) is 0 Å². The van der Waals surface area contributed by atoms with E-state index < -0.39 is 11.8 Å². The monoisotopic (exact) mass is 315 g/mol. The van der Waals surface area contributed by atoms with Gasteiger partial charge in [-0.15, -0.1) is 0 Å². The van der Waals surface area contributed by atoms with E-state index >= 15 is 0 Å². The summed E-state index contributed by atoms with van der Waals surface area (Å²) < 4.78 is 0. The molecule has 6 heteroatoms. The zero-order chi connectivity index (χ0) is 15.9. The Morgan fingerprint density at radius 2 is 1.86 bits per heavy atom. The average molecular weight is 316 g/mol. The molecule has 2 amide bonds. The van der Waals surface area contributed by atoms with E-state index in [1.807, 2.05) is 13.0 Å². The van der Waals surface area contributed by atoms with Crippen LogP contribution in [0.3, 0.4) is 0 Å². The van der Waals surface area contributed by atoms with E-state index in [2.05, 4.69) is 15.8 Å². The van der Waals surface area contributed by atoms with Crippen molar-refractivity contribution in [3.8, 4) is 0 Å². The van der Waals surface area contributed by atoms with Gasteiger partial charge in [0, 0.05) is 10.7 Å². The molecular formula is C16H14ClN3O2. The number of hydrogen-bond acceptors (Lipinski definition) is 3. The fourth-order valence-electron chi connectivity index (χ4n) is 1.71. The molecule has 112 valence electrons. The van der Waals surface area contributed by atoms with Crippen LogP contribution in [0.15, 0.2) is 53.6 Å². The Morgan fingerprint density at radius 3 is 2.59 bits per heavy atom. The smallest absolute Gasteiger partial charge is 0.318 e. The fraction of sp³-hybridized carbons (Fsp3) is 0.0625. The molecule has 0 radical (unpaired) electrons. The first-order chi connectivity index (χ1) is 10.5. The Balaban J connectivity index is 1.90. The van der Waals surface area contributed by atoms with Gasteiger partial charge in [0.15, 0.2) is 0 Å². The van der Waals surface area contributed by atoms with Gasteiger partial charge in [-0.1, -0.05) is 35.9 Å². The quantitative estimate of drug-likeness (QED) is 0.519. The third-order valence-electron chi connectivity index (χ3n) is 2.71. The van der Waals surface area contributed by atoms with Gasteiger partial charge in [-0.3, -0.25) is 9.59 Å². The molecule has 22 heavy (non-hydrogen) atoms. The Morgan fingerprint density at radius 1 is 1.09 bits per heavy atom. The van der Waals surface area contributed by atoms with E-state index in [-0.39, 0.29) is 0 Å². The number of hydrazone groups is 1. The molecule has 0 aromatic heterocycles. The van der Waals surface area contributed by atoms with Crippen LogP contribution in [0.25, 0.3) is 0 Å². The van der Waals surface area contributed by atoms with Gasteiger partial charge in [-0.05, 0) is 42.3 Å². The normalized spacial score (nSPS) is 10.5. The summed E-state index contributed by atoms with van der Waals surface area (Å²) in [6, 6.07) is 14.1. The predicted molar refractivity (Wildman–Crippen MR) is 87.0 cm³/mol. The number of benzene rings is 2. The summed E-state index contributed by atoms with van der Waals surface area (Å²) in [5.41, 5.74) is 4.41. The van der Waals surface area contributed by atoms with Crippen molar-refractivity contribution in [3.63, 3.8) is 0 Å². The van der Waals surface area contributed by atoms with E-state index in [0.717, 1.165) is 5.56 Å². The first-order valence-electron chi connectivity index (χ1n) is 6.51. The lowest BCUT2D eigenvalue weighted by Crippen LogP contribution is -2.32. The minimum atomic E-state index is -0.847. The predicted octanol–water partition coefficient (Wildman–Crippen LogP) is 2.74. The zero-order valence-corrected chi connectivity index (χ0v) is 12.6. The highest BCUT2D eigenvalue weighted by Crippen LogP contribution is 2.09. The molecule has 0 fully saturated rings. The lowest BCUT2D eigenvalue weighted by molar-refractivity contribution is -0.136. The van der Waals surface area contributed by atoms with Crippen LogP contribution in [0.2, 0.25) is 5.02 Å². The molecule has 2 aromatic carbocycles. The average Bonchev–Trinajstić information content (AvgIpc) is 2.47. The number of aryl methyl sites for hydroxylation is 1. The number of nitrogens with one attached hydrogen (secondary N) is 2. The van der Waals surface area contributed by atoms with Crippen molar-refractivity contribution in [2.24, 2.45) is 5.10 Å². The maximum atomic E-state index is 11.7. The largest absolute Gasteiger partial charge is 0.329 e. The lowest BCUT2D eigenvalue weighted by Gasteiger charge is -2.04. The van der Waals surface area contributed by atoms with E-state index in [9.17, 15) is 9.59 Å². The minimum Gasteiger partial charge on any atom is -0.318 e. The van der Waals surface area contributed by atoms with Gasteiger partial charge in [0.05, 0.1) is 6.21 Å². The van der Waals surface area contributed by atoms with Crippen molar-refractivity contribution < 1.29 is 9.59 Å². The standard InChI is InChI=1S/C16H14ClN3O2/c1-11-4-2-7-14(8-11)19-15(21)16(22)20-18-10-12-5-3-6-13(17)9-12/h2-10H,1H3,(H,19,21)(H,20,22)/b18-10+. The summed E-state index contributed by atoms with van der Waals surface area (Å²) in [7, 11) is 0. The molecule has 0 spiro atoms. The van der Waals surface area contributed by atoms with Crippen molar-refractivity contribution in [1.29, 1.82) is 0 Å². The van der Waals surface area contributed by atoms with Gasteiger partial charge >= 0.3 is 11.8 Å². The molecule has 2 aromatic rings. The maximum absolute atomic E-state index is 11.7. The van der Waals surface area contributed by atoms with Crippen LogP contribution < -0.4 is 10.7 Å². The maximum Gasteiger partial charge on any atom is 0.329 e. The number of halogens is 1. The molecule has 0 aliphatic rings. The summed E-state index contributed by atoms with van der Waals surface area (Å²) in [5.74, 6) is -1.63. The number of nitrogens with zero attached hydrogens (tertiary/aromatic N) is 1. The second kappa shape index (κ2) is 7.38. The minimum absolute atomic E-state index is 0.555. The number of hydrogen-bond donors (Lipinski definition) is 2. The summed E-state index contributed by atoms with van der Waals surface area (Å²) in [4.78, 5) is 23.3. The number of rotatable bonds is 3. The second-order valence-corrected chi connectivity index (χ2v) is 5.01. The summed E-state index contributed by atoms with van der Waals surface area (Å²) in [6.45, 7) is 1.89. The third-order valence-corrected chi connectivity index (χ3v) is 2.95. The van der Waals surface area contributed by atoms with Crippen LogP contribution in [-0.4, -0.2) is 18.0 Å². The molecule has 0 aliphatic heterocycles. The lowest BCUT2D eigenvalue weighted by atomic mass is 10.2. The number of carbonyl (C=O) groups excluding carboxylic acids is 2. The van der Waals surface area contributed by atoms with Crippen LogP contribution in [0.4, 0.5) is 5.69 Å². The van der Waals surface area contributed by atoms with Crippen LogP contribution in [0, 0.1) is 6.92 Å². The van der Waals surface area contributed by atoms with E-state index in [1.165, 1.54) is 6.21 Å². The highest BCUT2D eigenvalue weighted by Gasteiger charge is 2.12. The van der Waals surface area contributed by atoms with Crippen LogP contribution in [-0.2, 0) is 9.59 Å². The molecule has 2 rings (SSSR count). The summed E-state index contributed by atoms with van der Waals surface area (Å²) >= 11 is 5.83. The molecule has 0 heterocycles. The van der Waals surface area contributed by atoms with Gasteiger partial charge in [0.25, 0.3) is 0 Å². The zero-order valence-electron chi connectivity index (χ0n) is 11.8. The van der Waals surface area contributed by atoms with E-state index in [4.69, 9.17) is 11.6 Å². The van der Waals surface area contributed by atoms with Crippen molar-refractivity contribution in [3.05, 3.63) is 64.7 Å². The molecule has 0 unspecified atom stereocenters. The molecular weight excluding hydrogens is 302 g/mol. The molecule has 0 bridgehead atoms. The summed E-state index contributed by atoms with van der Waals surface area (Å²) in [6.07, 6.45) is 1.41. The first kappa shape index (κ1) is 15.7. The van der Waals surface area contributed by atoms with Gasteiger partial charge in [-0.2, -0.15) is 5.10 Å². The Hall–Kier alpha value is -2.66. The molecule has 0 atom stereocenters. The SMILES string of the molecule is Cc1cccc(NC(=O)C(=O)N/N=C/c2cccc(Cl)c2)c1. The van der Waals surface area contributed by atoms with E-state index in [0.29, 0.717) is 16.3 Å². The first-order valence-corrected chi connectivity index (χ1v) is 6.89. The van der Waals surface area contributed by atoms with Crippen molar-refractivity contribution in [2.75, 3.05) is 5.32 Å². The number of carbonyl (C=O) groups is 2. The van der Waals surface area contributed by atoms with Gasteiger partial charge in [-0.25, -0.2) is 5.43 Å². The fourth-order valence-corrected chi connectivity index (χ4v) is 1.91. The Kier molecular flexibility index (Phi) is 5.27. The third kappa shape index (κ3) is 4.71. The Bertz CT molecular complexity index is 729. The number of anilines is 1. The van der Waals surface area contributed by atoms with Crippen molar-refractivity contribution in [1.82, 2.24) is 5.43 Å². The van der Waals surface area contributed by atoms with Crippen LogP contribution in [0.1, 0.15) is 11.1 Å². The van der Waals surface area contributed by atoms with E-state index in [1.54, 1.807) is 42.5 Å². The molecule has 0 saturated carbocycles. The van der Waals surface area contributed by atoms with Gasteiger partial charge < -0.3 is 5.32 Å². The van der Waals surface area contributed by atoms with Crippen LogP contribution >= 0.6 is 11.6 Å². The molecule has 0 saturated heterocycles. The number of amides is 2. The highest BCUT2D eigenvalue weighted by molar-refractivity contribution is 6.39. The topological polar surface area (TPSA) is 70.6 Å². The van der Waals surface area contributed by atoms with Crippen LogP contribution in [0.5, 0.6) is 0 Å². The van der Waals surface area contributed by atoms with Crippen molar-refractivity contribution in [2.45, 2.75) is 6.92 Å². The summed E-state index contributed by atoms with van der Waals surface area (Å²) in [5, 5.41) is 6.78. The highest BCUT2D eigenvalue weighted by atomic mass is 35.5. The molecule has 2 N–H and O–H groups in total. The molecule has 5 nitrogen and oxygen atoms in total. The van der Waals surface area contributed by atoms with Gasteiger partial charge in [0.1, 0.15) is 0 Å². The van der Waals surface area contributed by atoms with Crippen molar-refractivity contribution >= 4 is 35.3 Å².